The minimum absolute atomic E-state index is 0.417. The number of pyridine rings is 1. The van der Waals surface area contributed by atoms with Gasteiger partial charge in [0.1, 0.15) is 5.69 Å². The first-order valence-corrected chi connectivity index (χ1v) is 7.87. The first-order valence-electron chi connectivity index (χ1n) is 7.87. The van der Waals surface area contributed by atoms with Gasteiger partial charge < -0.3 is 5.73 Å². The topological polar surface area (TPSA) is 106 Å². The second-order valence-electron chi connectivity index (χ2n) is 5.55. The Bertz CT molecular complexity index is 1110. The van der Waals surface area contributed by atoms with Crippen molar-refractivity contribution in [1.29, 1.82) is 5.26 Å². The zero-order chi connectivity index (χ0) is 17.9. The van der Waals surface area contributed by atoms with E-state index in [4.69, 9.17) is 5.73 Å². The molecule has 0 bridgehead atoms. The molecule has 0 spiro atoms. The average molecular weight is 339 g/mol. The van der Waals surface area contributed by atoms with Gasteiger partial charge in [-0.25, -0.2) is 0 Å². The Morgan fingerprint density at radius 3 is 2.58 bits per heavy atom. The Labute approximate surface area is 149 Å². The number of para-hydroxylation sites is 1. The van der Waals surface area contributed by atoms with Crippen molar-refractivity contribution in [3.8, 4) is 34.4 Å². The van der Waals surface area contributed by atoms with Crippen LogP contribution >= 0.6 is 0 Å². The van der Waals surface area contributed by atoms with E-state index in [1.54, 1.807) is 12.3 Å². The van der Waals surface area contributed by atoms with Gasteiger partial charge in [0, 0.05) is 23.0 Å². The summed E-state index contributed by atoms with van der Waals surface area (Å²) in [4.78, 5) is 5.59. The van der Waals surface area contributed by atoms with Crippen LogP contribution in [0.5, 0.6) is 0 Å². The third-order valence-electron chi connectivity index (χ3n) is 3.91. The molecule has 2 aromatic carbocycles. The van der Waals surface area contributed by atoms with Gasteiger partial charge in [-0.1, -0.05) is 30.3 Å². The number of hydrogen-bond acceptors (Lipinski definition) is 6. The predicted octanol–water partition coefficient (Wildman–Crippen LogP) is 2.85. The van der Waals surface area contributed by atoms with Crippen LogP contribution in [0.1, 0.15) is 5.56 Å². The van der Waals surface area contributed by atoms with Crippen molar-refractivity contribution in [2.45, 2.75) is 0 Å². The molecule has 0 unspecified atom stereocenters. The third-order valence-corrected chi connectivity index (χ3v) is 3.91. The summed E-state index contributed by atoms with van der Waals surface area (Å²) in [6.45, 7) is 0. The molecule has 4 rings (SSSR count). The summed E-state index contributed by atoms with van der Waals surface area (Å²) >= 11 is 0. The molecule has 0 fully saturated rings. The number of tetrazole rings is 1. The van der Waals surface area contributed by atoms with Crippen LogP contribution in [0.4, 0.5) is 5.69 Å². The zero-order valence-electron chi connectivity index (χ0n) is 13.6. The molecule has 124 valence electrons. The lowest BCUT2D eigenvalue weighted by Crippen LogP contribution is -2.01. The summed E-state index contributed by atoms with van der Waals surface area (Å²) in [7, 11) is 0. The zero-order valence-corrected chi connectivity index (χ0v) is 13.6. The number of nitrogen functional groups attached to an aromatic ring is 1. The van der Waals surface area contributed by atoms with Crippen molar-refractivity contribution in [2.75, 3.05) is 5.73 Å². The monoisotopic (exact) mass is 339 g/mol. The Morgan fingerprint density at radius 2 is 1.81 bits per heavy atom. The van der Waals surface area contributed by atoms with E-state index in [0.29, 0.717) is 28.5 Å². The maximum absolute atomic E-state index is 9.56. The summed E-state index contributed by atoms with van der Waals surface area (Å²) in [5, 5.41) is 22.0. The summed E-state index contributed by atoms with van der Waals surface area (Å²) in [5.74, 6) is 0.417. The second-order valence-corrected chi connectivity index (χ2v) is 5.55. The lowest BCUT2D eigenvalue weighted by molar-refractivity contribution is 0.720. The van der Waals surface area contributed by atoms with Crippen LogP contribution in [0.2, 0.25) is 0 Å². The van der Waals surface area contributed by atoms with E-state index < -0.39 is 0 Å². The molecule has 2 N–H and O–H groups in total. The summed E-state index contributed by atoms with van der Waals surface area (Å²) in [5.41, 5.74) is 9.98. The molecular weight excluding hydrogens is 326 g/mol. The lowest BCUT2D eigenvalue weighted by Gasteiger charge is -2.09. The predicted molar refractivity (Wildman–Crippen MR) is 96.9 cm³/mol. The Kier molecular flexibility index (Phi) is 3.84. The molecule has 0 saturated carbocycles. The minimum atomic E-state index is 0.417. The van der Waals surface area contributed by atoms with Crippen LogP contribution in [-0.4, -0.2) is 25.2 Å². The van der Waals surface area contributed by atoms with E-state index in [1.807, 2.05) is 54.6 Å². The van der Waals surface area contributed by atoms with Crippen LogP contribution in [0, 0.1) is 11.3 Å². The highest BCUT2D eigenvalue weighted by Gasteiger charge is 2.12. The van der Waals surface area contributed by atoms with Gasteiger partial charge in [0.2, 0.25) is 5.82 Å². The van der Waals surface area contributed by atoms with Gasteiger partial charge in [0.15, 0.2) is 0 Å². The first kappa shape index (κ1) is 15.5. The molecule has 0 aliphatic carbocycles. The van der Waals surface area contributed by atoms with Gasteiger partial charge in [-0.2, -0.15) is 5.26 Å². The van der Waals surface area contributed by atoms with Crippen molar-refractivity contribution < 1.29 is 0 Å². The highest BCUT2D eigenvalue weighted by Crippen LogP contribution is 2.29. The number of nitriles is 1. The third kappa shape index (κ3) is 2.76. The molecule has 2 aromatic heterocycles. The van der Waals surface area contributed by atoms with Gasteiger partial charge in [-0.15, -0.1) is 15.0 Å². The van der Waals surface area contributed by atoms with Gasteiger partial charge in [-0.3, -0.25) is 4.98 Å². The van der Waals surface area contributed by atoms with Crippen LogP contribution in [0.15, 0.2) is 66.9 Å². The van der Waals surface area contributed by atoms with Crippen molar-refractivity contribution in [3.05, 3.63) is 72.4 Å². The van der Waals surface area contributed by atoms with E-state index in [1.165, 1.54) is 4.80 Å². The van der Waals surface area contributed by atoms with Crippen molar-refractivity contribution in [2.24, 2.45) is 0 Å². The SMILES string of the molecule is N#Cc1cc(-n2nnc(-c3ccccn3)n2)ccc1-c1ccccc1N. The van der Waals surface area contributed by atoms with Gasteiger partial charge in [-0.05, 0) is 35.5 Å². The molecule has 0 saturated heterocycles. The molecule has 26 heavy (non-hydrogen) atoms. The molecule has 0 radical (unpaired) electrons. The fourth-order valence-corrected chi connectivity index (χ4v) is 2.65. The Balaban J connectivity index is 1.75. The van der Waals surface area contributed by atoms with Crippen LogP contribution in [0.3, 0.4) is 0 Å². The highest BCUT2D eigenvalue weighted by molar-refractivity contribution is 5.80. The molecule has 7 nitrogen and oxygen atoms in total. The molecule has 7 heteroatoms. The van der Waals surface area contributed by atoms with Crippen LogP contribution in [0.25, 0.3) is 28.3 Å². The number of nitrogens with zero attached hydrogens (tertiary/aromatic N) is 6. The number of anilines is 1. The van der Waals surface area contributed by atoms with Gasteiger partial charge >= 0.3 is 0 Å². The normalized spacial score (nSPS) is 10.4. The number of aromatic nitrogens is 5. The molecule has 0 aliphatic heterocycles. The van der Waals surface area contributed by atoms with Crippen LogP contribution in [-0.2, 0) is 0 Å². The van der Waals surface area contributed by atoms with Gasteiger partial charge in [0.05, 0.1) is 17.3 Å². The second kappa shape index (κ2) is 6.45. The van der Waals surface area contributed by atoms with E-state index in [2.05, 4.69) is 26.5 Å². The molecular formula is C19H13N7. The van der Waals surface area contributed by atoms with Crippen molar-refractivity contribution in [3.63, 3.8) is 0 Å². The first-order chi connectivity index (χ1) is 12.8. The maximum atomic E-state index is 9.56. The van der Waals surface area contributed by atoms with Crippen LogP contribution < -0.4 is 5.73 Å². The molecule has 0 atom stereocenters. The highest BCUT2D eigenvalue weighted by atomic mass is 15.6. The van der Waals surface area contributed by atoms with E-state index in [-0.39, 0.29) is 0 Å². The molecule has 0 aliphatic rings. The Morgan fingerprint density at radius 1 is 0.962 bits per heavy atom. The van der Waals surface area contributed by atoms with Crippen molar-refractivity contribution in [1.82, 2.24) is 25.2 Å². The fourth-order valence-electron chi connectivity index (χ4n) is 2.65. The quantitative estimate of drug-likeness (QED) is 0.575. The van der Waals surface area contributed by atoms with E-state index >= 15 is 0 Å². The summed E-state index contributed by atoms with van der Waals surface area (Å²) < 4.78 is 0. The fraction of sp³-hybridized carbons (Fsp3) is 0. The Hall–Kier alpha value is -4.05. The number of hydrogen-bond donors (Lipinski definition) is 1. The number of benzene rings is 2. The smallest absolute Gasteiger partial charge is 0.223 e. The van der Waals surface area contributed by atoms with Gasteiger partial charge in [0.25, 0.3) is 0 Å². The maximum Gasteiger partial charge on any atom is 0.223 e. The molecule has 4 aromatic rings. The molecule has 2 heterocycles. The van der Waals surface area contributed by atoms with E-state index in [0.717, 1.165) is 11.1 Å². The minimum Gasteiger partial charge on any atom is -0.398 e. The largest absolute Gasteiger partial charge is 0.398 e. The summed E-state index contributed by atoms with van der Waals surface area (Å²) in [6.07, 6.45) is 1.67. The number of nitrogens with two attached hydrogens (primary N) is 1. The lowest BCUT2D eigenvalue weighted by atomic mass is 9.98. The average Bonchev–Trinajstić information content (AvgIpc) is 3.19. The van der Waals surface area contributed by atoms with E-state index in [9.17, 15) is 5.26 Å². The van der Waals surface area contributed by atoms with Crippen molar-refractivity contribution >= 4 is 5.69 Å². The molecule has 0 amide bonds. The standard InChI is InChI=1S/C19H13N7/c20-12-13-11-14(8-9-15(13)16-5-1-2-6-17(16)21)26-24-19(23-25-26)18-7-3-4-10-22-18/h1-11H,21H2. The summed E-state index contributed by atoms with van der Waals surface area (Å²) in [6, 6.07) is 20.5. The number of rotatable bonds is 3.